The number of hydrogen-bond donors (Lipinski definition) is 1. The van der Waals surface area contributed by atoms with Gasteiger partial charge in [-0.15, -0.1) is 5.10 Å². The molecule has 7 nitrogen and oxygen atoms in total. The van der Waals surface area contributed by atoms with E-state index >= 15 is 0 Å². The lowest BCUT2D eigenvalue weighted by Gasteiger charge is -2.11. The number of benzene rings is 3. The van der Waals surface area contributed by atoms with E-state index in [9.17, 15) is 9.59 Å². The van der Waals surface area contributed by atoms with Crippen LogP contribution in [-0.2, 0) is 16.1 Å². The molecule has 0 unspecified atom stereocenters. The van der Waals surface area contributed by atoms with Crippen LogP contribution in [0.15, 0.2) is 66.7 Å². The average Bonchev–Trinajstić information content (AvgIpc) is 3.19. The lowest BCUT2D eigenvalue weighted by molar-refractivity contribution is -0.119. The number of carbonyl (C=O) groups is 2. The van der Waals surface area contributed by atoms with E-state index in [1.165, 1.54) is 0 Å². The summed E-state index contributed by atoms with van der Waals surface area (Å²) in [7, 11) is 0. The predicted octanol–water partition coefficient (Wildman–Crippen LogP) is 3.89. The van der Waals surface area contributed by atoms with Gasteiger partial charge in [0.05, 0.1) is 17.6 Å². The van der Waals surface area contributed by atoms with Crippen LogP contribution in [0.1, 0.15) is 27.0 Å². The Bertz CT molecular complexity index is 1250. The molecule has 0 aliphatic rings. The first kappa shape index (κ1) is 20.3. The number of rotatable bonds is 6. The van der Waals surface area contributed by atoms with Crippen LogP contribution in [0.5, 0.6) is 0 Å². The number of carbonyl (C=O) groups excluding carboxylic acids is 2. The van der Waals surface area contributed by atoms with Gasteiger partial charge in [0.2, 0.25) is 0 Å². The van der Waals surface area contributed by atoms with Crippen molar-refractivity contribution in [1.29, 1.82) is 0 Å². The minimum atomic E-state index is -0.547. The van der Waals surface area contributed by atoms with Crippen molar-refractivity contribution in [3.8, 4) is 0 Å². The van der Waals surface area contributed by atoms with Crippen molar-refractivity contribution in [2.75, 3.05) is 11.9 Å². The third-order valence-corrected chi connectivity index (χ3v) is 5.16. The highest BCUT2D eigenvalue weighted by Gasteiger charge is 2.12. The molecule has 0 radical (unpaired) electrons. The summed E-state index contributed by atoms with van der Waals surface area (Å²) >= 11 is 0. The zero-order valence-electron chi connectivity index (χ0n) is 17.3. The Kier molecular flexibility index (Phi) is 5.75. The van der Waals surface area contributed by atoms with Gasteiger partial charge in [-0.2, -0.15) is 0 Å². The zero-order chi connectivity index (χ0) is 21.8. The average molecular weight is 414 g/mol. The maximum Gasteiger partial charge on any atom is 0.338 e. The van der Waals surface area contributed by atoms with Crippen LogP contribution in [-0.4, -0.2) is 33.5 Å². The maximum atomic E-state index is 12.3. The molecule has 0 fully saturated rings. The number of nitrogens with one attached hydrogen (secondary N) is 1. The van der Waals surface area contributed by atoms with Gasteiger partial charge < -0.3 is 10.1 Å². The van der Waals surface area contributed by atoms with Gasteiger partial charge >= 0.3 is 5.97 Å². The number of aryl methyl sites for hydroxylation is 1. The molecule has 1 amide bonds. The van der Waals surface area contributed by atoms with Crippen LogP contribution < -0.4 is 5.32 Å². The fourth-order valence-corrected chi connectivity index (χ4v) is 3.24. The van der Waals surface area contributed by atoms with E-state index in [-0.39, 0.29) is 12.5 Å². The van der Waals surface area contributed by atoms with E-state index in [1.54, 1.807) is 16.8 Å². The minimum Gasteiger partial charge on any atom is -0.452 e. The molecule has 0 bridgehead atoms. The van der Waals surface area contributed by atoms with Crippen LogP contribution in [0.2, 0.25) is 0 Å². The lowest BCUT2D eigenvalue weighted by atomic mass is 10.1. The summed E-state index contributed by atoms with van der Waals surface area (Å²) in [6.07, 6.45) is 0. The second kappa shape index (κ2) is 8.79. The van der Waals surface area contributed by atoms with Gasteiger partial charge in [-0.3, -0.25) is 4.79 Å². The summed E-state index contributed by atoms with van der Waals surface area (Å²) in [6, 6.07) is 20.4. The number of ether oxygens (including phenoxy) is 1. The molecule has 7 heteroatoms. The van der Waals surface area contributed by atoms with Gasteiger partial charge in [0, 0.05) is 5.69 Å². The largest absolute Gasteiger partial charge is 0.452 e. The fourth-order valence-electron chi connectivity index (χ4n) is 3.24. The normalized spacial score (nSPS) is 10.8. The van der Waals surface area contributed by atoms with Crippen LogP contribution >= 0.6 is 0 Å². The van der Waals surface area contributed by atoms with Gasteiger partial charge in [-0.05, 0) is 60.9 Å². The van der Waals surface area contributed by atoms with Crippen LogP contribution in [0.3, 0.4) is 0 Å². The van der Waals surface area contributed by atoms with E-state index in [1.807, 2.05) is 68.4 Å². The van der Waals surface area contributed by atoms with Crippen molar-refractivity contribution in [2.24, 2.45) is 0 Å². The Hall–Kier alpha value is -4.00. The lowest BCUT2D eigenvalue weighted by Crippen LogP contribution is -2.21. The number of para-hydroxylation sites is 1. The highest BCUT2D eigenvalue weighted by atomic mass is 16.5. The zero-order valence-corrected chi connectivity index (χ0v) is 17.3. The van der Waals surface area contributed by atoms with Crippen LogP contribution in [0.25, 0.3) is 11.0 Å². The highest BCUT2D eigenvalue weighted by Crippen LogP contribution is 2.18. The Morgan fingerprint density at radius 1 is 0.968 bits per heavy atom. The van der Waals surface area contributed by atoms with Gasteiger partial charge in [0.25, 0.3) is 5.91 Å². The molecule has 1 heterocycles. The molecular weight excluding hydrogens is 392 g/mol. The standard InChI is InChI=1S/C24H22N4O3/c1-16-6-5-8-20(17(16)2)25-23(29)15-31-24(30)19-12-10-18(11-13-19)14-28-22-9-4-3-7-21(22)26-27-28/h3-13H,14-15H2,1-2H3,(H,25,29). The SMILES string of the molecule is Cc1cccc(NC(=O)COC(=O)c2ccc(Cn3nnc4ccccc43)cc2)c1C. The summed E-state index contributed by atoms with van der Waals surface area (Å²) in [5, 5.41) is 11.1. The van der Waals surface area contributed by atoms with Crippen molar-refractivity contribution in [3.05, 3.63) is 89.0 Å². The van der Waals surface area contributed by atoms with Gasteiger partial charge in [0.15, 0.2) is 6.61 Å². The smallest absolute Gasteiger partial charge is 0.338 e. The molecule has 0 saturated heterocycles. The third kappa shape index (κ3) is 4.61. The van der Waals surface area contributed by atoms with Crippen molar-refractivity contribution in [1.82, 2.24) is 15.0 Å². The molecule has 1 aromatic heterocycles. The summed E-state index contributed by atoms with van der Waals surface area (Å²) in [4.78, 5) is 24.4. The molecule has 4 aromatic rings. The number of aromatic nitrogens is 3. The summed E-state index contributed by atoms with van der Waals surface area (Å²) in [6.45, 7) is 4.09. The van der Waals surface area contributed by atoms with Gasteiger partial charge in [0.1, 0.15) is 5.52 Å². The second-order valence-corrected chi connectivity index (χ2v) is 7.30. The molecule has 4 rings (SSSR count). The number of anilines is 1. The van der Waals surface area contributed by atoms with E-state index in [4.69, 9.17) is 4.74 Å². The second-order valence-electron chi connectivity index (χ2n) is 7.30. The third-order valence-electron chi connectivity index (χ3n) is 5.16. The molecular formula is C24H22N4O3. The number of fused-ring (bicyclic) bond motifs is 1. The molecule has 31 heavy (non-hydrogen) atoms. The maximum absolute atomic E-state index is 12.3. The van der Waals surface area contributed by atoms with Crippen LogP contribution in [0, 0.1) is 13.8 Å². The van der Waals surface area contributed by atoms with E-state index < -0.39 is 5.97 Å². The molecule has 0 aliphatic carbocycles. The summed E-state index contributed by atoms with van der Waals surface area (Å²) in [5.41, 5.74) is 5.91. The Morgan fingerprint density at radius 3 is 2.55 bits per heavy atom. The van der Waals surface area contributed by atoms with Gasteiger partial charge in [-0.25, -0.2) is 9.48 Å². The molecule has 156 valence electrons. The Morgan fingerprint density at radius 2 is 1.74 bits per heavy atom. The van der Waals surface area contributed by atoms with Crippen molar-refractivity contribution in [3.63, 3.8) is 0 Å². The number of nitrogens with zero attached hydrogens (tertiary/aromatic N) is 3. The predicted molar refractivity (Wildman–Crippen MR) is 118 cm³/mol. The molecule has 0 spiro atoms. The minimum absolute atomic E-state index is 0.348. The van der Waals surface area contributed by atoms with Crippen molar-refractivity contribution >= 4 is 28.6 Å². The van der Waals surface area contributed by atoms with E-state index in [0.29, 0.717) is 17.8 Å². The fraction of sp³-hybridized carbons (Fsp3) is 0.167. The highest BCUT2D eigenvalue weighted by molar-refractivity contribution is 5.96. The molecule has 0 atom stereocenters. The Labute approximate surface area is 179 Å². The van der Waals surface area contributed by atoms with Crippen molar-refractivity contribution in [2.45, 2.75) is 20.4 Å². The molecule has 0 aliphatic heterocycles. The first-order valence-electron chi connectivity index (χ1n) is 9.91. The quantitative estimate of drug-likeness (QED) is 0.484. The first-order chi connectivity index (χ1) is 15.0. The topological polar surface area (TPSA) is 86.1 Å². The number of amides is 1. The first-order valence-corrected chi connectivity index (χ1v) is 9.91. The van der Waals surface area contributed by atoms with E-state index in [0.717, 1.165) is 27.7 Å². The molecule has 1 N–H and O–H groups in total. The Balaban J connectivity index is 1.34. The summed E-state index contributed by atoms with van der Waals surface area (Å²) in [5.74, 6) is -0.925. The van der Waals surface area contributed by atoms with E-state index in [2.05, 4.69) is 15.6 Å². The van der Waals surface area contributed by atoms with Gasteiger partial charge in [-0.1, -0.05) is 41.6 Å². The van der Waals surface area contributed by atoms with Crippen molar-refractivity contribution < 1.29 is 14.3 Å². The van der Waals surface area contributed by atoms with Crippen LogP contribution in [0.4, 0.5) is 5.69 Å². The number of hydrogen-bond acceptors (Lipinski definition) is 5. The molecule has 0 saturated carbocycles. The monoisotopic (exact) mass is 414 g/mol. The summed E-state index contributed by atoms with van der Waals surface area (Å²) < 4.78 is 6.96. The number of esters is 1. The molecule has 3 aromatic carbocycles.